The van der Waals surface area contributed by atoms with Crippen LogP contribution in [0.15, 0.2) is 36.9 Å². The molecule has 3 heterocycles. The molecule has 0 bridgehead atoms. The normalized spacial score (nSPS) is 14.2. The molecule has 130 valence electrons. The van der Waals surface area contributed by atoms with Gasteiger partial charge in [-0.05, 0) is 25.0 Å². The number of pyridine rings is 1. The lowest BCUT2D eigenvalue weighted by molar-refractivity contribution is -0.120. The number of anilines is 3. The minimum Gasteiger partial charge on any atom is -0.384 e. The molecule has 0 aliphatic carbocycles. The van der Waals surface area contributed by atoms with E-state index in [2.05, 4.69) is 25.2 Å². The number of hydrogen-bond donors (Lipinski definition) is 2. The van der Waals surface area contributed by atoms with Gasteiger partial charge in [0.1, 0.15) is 11.6 Å². The van der Waals surface area contributed by atoms with Crippen molar-refractivity contribution in [3.8, 4) is 0 Å². The number of hydrogen-bond acceptors (Lipinski definition) is 6. The van der Waals surface area contributed by atoms with Gasteiger partial charge in [-0.1, -0.05) is 0 Å². The molecule has 3 rings (SSSR count). The summed E-state index contributed by atoms with van der Waals surface area (Å²) >= 11 is 0. The second kappa shape index (κ2) is 9.24. The fraction of sp³-hybridized carbons (Fsp3) is 0.333. The first kappa shape index (κ1) is 19.9. The number of nitrogens with one attached hydrogen (secondary N) is 1. The third kappa shape index (κ3) is 4.94. The molecule has 7 nitrogen and oxygen atoms in total. The topological polar surface area (TPSA) is 97.0 Å². The van der Waals surface area contributed by atoms with Gasteiger partial charge in [-0.15, -0.1) is 24.8 Å². The SMILES string of the molecule is Cl.Cl.Nc1ccc(NC(=O)C2CCN(c3cnccn3)CC2)cn1. The lowest BCUT2D eigenvalue weighted by Gasteiger charge is -2.31. The third-order valence-electron chi connectivity index (χ3n) is 3.79. The van der Waals surface area contributed by atoms with Crippen LogP contribution in [0.2, 0.25) is 0 Å². The van der Waals surface area contributed by atoms with E-state index in [9.17, 15) is 4.79 Å². The highest BCUT2D eigenvalue weighted by Gasteiger charge is 2.25. The summed E-state index contributed by atoms with van der Waals surface area (Å²) < 4.78 is 0. The van der Waals surface area contributed by atoms with Gasteiger partial charge >= 0.3 is 0 Å². The zero-order valence-corrected chi connectivity index (χ0v) is 14.6. The summed E-state index contributed by atoms with van der Waals surface area (Å²) in [6, 6.07) is 3.43. The van der Waals surface area contributed by atoms with E-state index >= 15 is 0 Å². The highest BCUT2D eigenvalue weighted by Crippen LogP contribution is 2.22. The van der Waals surface area contributed by atoms with Crippen LogP contribution in [-0.2, 0) is 4.79 Å². The molecule has 0 saturated carbocycles. The summed E-state index contributed by atoms with van der Waals surface area (Å²) in [5.74, 6) is 1.34. The number of nitrogens with zero attached hydrogens (tertiary/aromatic N) is 4. The largest absolute Gasteiger partial charge is 0.384 e. The quantitative estimate of drug-likeness (QED) is 0.858. The molecule has 3 N–H and O–H groups in total. The van der Waals surface area contributed by atoms with Crippen molar-refractivity contribution in [2.24, 2.45) is 5.92 Å². The molecule has 1 saturated heterocycles. The zero-order chi connectivity index (χ0) is 15.4. The molecule has 1 aliphatic rings. The smallest absolute Gasteiger partial charge is 0.227 e. The summed E-state index contributed by atoms with van der Waals surface area (Å²) in [4.78, 5) is 26.8. The Hall–Kier alpha value is -2.12. The van der Waals surface area contributed by atoms with Crippen LogP contribution in [0.4, 0.5) is 17.3 Å². The molecule has 1 fully saturated rings. The van der Waals surface area contributed by atoms with E-state index in [1.165, 1.54) is 0 Å². The first-order chi connectivity index (χ1) is 10.7. The number of carbonyl (C=O) groups excluding carboxylic acids is 1. The van der Waals surface area contributed by atoms with Crippen LogP contribution in [0.5, 0.6) is 0 Å². The van der Waals surface area contributed by atoms with E-state index in [0.29, 0.717) is 11.5 Å². The van der Waals surface area contributed by atoms with Crippen molar-refractivity contribution in [2.45, 2.75) is 12.8 Å². The number of nitrogen functional groups attached to an aromatic ring is 1. The van der Waals surface area contributed by atoms with Crippen molar-refractivity contribution in [1.29, 1.82) is 0 Å². The molecule has 2 aromatic heterocycles. The zero-order valence-electron chi connectivity index (χ0n) is 13.0. The Morgan fingerprint density at radius 2 is 1.88 bits per heavy atom. The predicted molar refractivity (Wildman–Crippen MR) is 98.7 cm³/mol. The summed E-state index contributed by atoms with van der Waals surface area (Å²) in [5, 5.41) is 2.89. The summed E-state index contributed by atoms with van der Waals surface area (Å²) in [7, 11) is 0. The highest BCUT2D eigenvalue weighted by molar-refractivity contribution is 5.92. The molecular weight excluding hydrogens is 351 g/mol. The number of nitrogens with two attached hydrogens (primary N) is 1. The fourth-order valence-electron chi connectivity index (χ4n) is 2.55. The van der Waals surface area contributed by atoms with Gasteiger partial charge in [0.15, 0.2) is 0 Å². The van der Waals surface area contributed by atoms with Gasteiger partial charge < -0.3 is 16.0 Å². The number of halogens is 2. The Kier molecular flexibility index (Phi) is 7.67. The van der Waals surface area contributed by atoms with Gasteiger partial charge in [0.2, 0.25) is 5.91 Å². The van der Waals surface area contributed by atoms with Gasteiger partial charge in [-0.2, -0.15) is 0 Å². The molecule has 1 aliphatic heterocycles. The van der Waals surface area contributed by atoms with Gasteiger partial charge in [0.05, 0.1) is 18.1 Å². The van der Waals surface area contributed by atoms with E-state index in [1.54, 1.807) is 36.9 Å². The molecule has 0 spiro atoms. The molecule has 24 heavy (non-hydrogen) atoms. The van der Waals surface area contributed by atoms with Crippen LogP contribution in [-0.4, -0.2) is 33.9 Å². The highest BCUT2D eigenvalue weighted by atomic mass is 35.5. The van der Waals surface area contributed by atoms with Crippen LogP contribution in [0.25, 0.3) is 0 Å². The number of rotatable bonds is 3. The van der Waals surface area contributed by atoms with Crippen molar-refractivity contribution in [3.05, 3.63) is 36.9 Å². The van der Waals surface area contributed by atoms with Crippen molar-refractivity contribution in [2.75, 3.05) is 29.0 Å². The van der Waals surface area contributed by atoms with Crippen LogP contribution >= 0.6 is 24.8 Å². The van der Waals surface area contributed by atoms with Gasteiger partial charge in [-0.3, -0.25) is 9.78 Å². The summed E-state index contributed by atoms with van der Waals surface area (Å²) in [6.45, 7) is 1.60. The van der Waals surface area contributed by atoms with E-state index in [-0.39, 0.29) is 36.6 Å². The first-order valence-electron chi connectivity index (χ1n) is 7.26. The van der Waals surface area contributed by atoms with E-state index in [4.69, 9.17) is 5.73 Å². The van der Waals surface area contributed by atoms with Crippen LogP contribution in [0.3, 0.4) is 0 Å². The molecular formula is C15H20Cl2N6O. The first-order valence-corrected chi connectivity index (χ1v) is 7.26. The minimum absolute atomic E-state index is 0. The molecule has 0 unspecified atom stereocenters. The Morgan fingerprint density at radius 1 is 1.12 bits per heavy atom. The van der Waals surface area contributed by atoms with E-state index < -0.39 is 0 Å². The third-order valence-corrected chi connectivity index (χ3v) is 3.79. The lowest BCUT2D eigenvalue weighted by atomic mass is 9.96. The maximum Gasteiger partial charge on any atom is 0.227 e. The lowest BCUT2D eigenvalue weighted by Crippen LogP contribution is -2.38. The van der Waals surface area contributed by atoms with E-state index in [1.807, 2.05) is 0 Å². The molecule has 0 atom stereocenters. The van der Waals surface area contributed by atoms with E-state index in [0.717, 1.165) is 31.7 Å². The predicted octanol–water partition coefficient (Wildman–Crippen LogP) is 2.15. The van der Waals surface area contributed by atoms with Crippen molar-refractivity contribution in [1.82, 2.24) is 15.0 Å². The standard InChI is InChI=1S/C15H18N6O.2ClH/c16-13-2-1-12(9-19-13)20-15(22)11-3-7-21(8-4-11)14-10-17-5-6-18-14;;/h1-2,5-6,9-11H,3-4,7-8H2,(H2,16,19)(H,20,22);2*1H. The number of carbonyl (C=O) groups is 1. The van der Waals surface area contributed by atoms with Gasteiger partial charge in [0, 0.05) is 31.4 Å². The number of aromatic nitrogens is 3. The minimum atomic E-state index is 0. The Labute approximate surface area is 152 Å². The van der Waals surface area contributed by atoms with Crippen LogP contribution in [0.1, 0.15) is 12.8 Å². The van der Waals surface area contributed by atoms with Crippen LogP contribution < -0.4 is 16.0 Å². The average Bonchev–Trinajstić information content (AvgIpc) is 2.58. The molecule has 0 aromatic carbocycles. The van der Waals surface area contributed by atoms with Crippen molar-refractivity contribution >= 4 is 48.0 Å². The summed E-state index contributed by atoms with van der Waals surface area (Å²) in [5.41, 5.74) is 6.21. The maximum absolute atomic E-state index is 12.3. The number of piperidine rings is 1. The molecule has 1 amide bonds. The molecule has 9 heteroatoms. The second-order valence-corrected chi connectivity index (χ2v) is 5.29. The Morgan fingerprint density at radius 3 is 2.46 bits per heavy atom. The number of amides is 1. The van der Waals surface area contributed by atoms with Gasteiger partial charge in [0.25, 0.3) is 0 Å². The monoisotopic (exact) mass is 370 g/mol. The maximum atomic E-state index is 12.3. The van der Waals surface area contributed by atoms with Crippen molar-refractivity contribution < 1.29 is 4.79 Å². The van der Waals surface area contributed by atoms with Crippen molar-refractivity contribution in [3.63, 3.8) is 0 Å². The fourth-order valence-corrected chi connectivity index (χ4v) is 2.55. The van der Waals surface area contributed by atoms with Gasteiger partial charge in [-0.25, -0.2) is 9.97 Å². The average molecular weight is 371 g/mol. The summed E-state index contributed by atoms with van der Waals surface area (Å²) in [6.07, 6.45) is 8.25. The Bertz CT molecular complexity index is 632. The Balaban J connectivity index is 0.00000144. The second-order valence-electron chi connectivity index (χ2n) is 5.29. The van der Waals surface area contributed by atoms with Crippen LogP contribution in [0, 0.1) is 5.92 Å². The molecule has 2 aromatic rings. The molecule has 0 radical (unpaired) electrons.